The van der Waals surface area contributed by atoms with Gasteiger partial charge in [0.25, 0.3) is 5.56 Å². The molecule has 1 aliphatic rings. The van der Waals surface area contributed by atoms with Gasteiger partial charge in [0.2, 0.25) is 11.8 Å². The molecule has 0 bridgehead atoms. The van der Waals surface area contributed by atoms with E-state index in [1.54, 1.807) is 23.5 Å². The van der Waals surface area contributed by atoms with E-state index in [0.29, 0.717) is 11.8 Å². The largest absolute Gasteiger partial charge is 0.355 e. The second-order valence-electron chi connectivity index (χ2n) is 7.55. The van der Waals surface area contributed by atoms with E-state index in [4.69, 9.17) is 0 Å². The monoisotopic (exact) mass is 442 g/mol. The van der Waals surface area contributed by atoms with Crippen LogP contribution in [0.25, 0.3) is 10.2 Å². The molecule has 3 aromatic rings. The van der Waals surface area contributed by atoms with E-state index in [9.17, 15) is 18.8 Å². The minimum Gasteiger partial charge on any atom is -0.355 e. The van der Waals surface area contributed by atoms with Gasteiger partial charge in [-0.3, -0.25) is 19.0 Å². The molecule has 1 aliphatic carbocycles. The average molecular weight is 443 g/mol. The van der Waals surface area contributed by atoms with Crippen molar-refractivity contribution in [2.45, 2.75) is 45.1 Å². The van der Waals surface area contributed by atoms with Crippen LogP contribution in [-0.2, 0) is 29.0 Å². The van der Waals surface area contributed by atoms with Crippen LogP contribution in [0.2, 0.25) is 0 Å². The van der Waals surface area contributed by atoms with Gasteiger partial charge in [0.15, 0.2) is 0 Å². The molecule has 0 atom stereocenters. The topological polar surface area (TPSA) is 93.1 Å². The van der Waals surface area contributed by atoms with Crippen molar-refractivity contribution in [3.63, 3.8) is 0 Å². The molecule has 4 rings (SSSR count). The predicted molar refractivity (Wildman–Crippen MR) is 118 cm³/mol. The first-order chi connectivity index (χ1) is 15.0. The van der Waals surface area contributed by atoms with Crippen molar-refractivity contribution in [3.05, 3.63) is 57.2 Å². The molecule has 2 N–H and O–H groups in total. The lowest BCUT2D eigenvalue weighted by molar-refractivity contribution is -0.122. The number of hydrogen-bond acceptors (Lipinski definition) is 5. The van der Waals surface area contributed by atoms with E-state index in [-0.39, 0.29) is 42.6 Å². The van der Waals surface area contributed by atoms with Gasteiger partial charge in [-0.15, -0.1) is 11.3 Å². The van der Waals surface area contributed by atoms with E-state index < -0.39 is 5.82 Å². The van der Waals surface area contributed by atoms with Gasteiger partial charge < -0.3 is 10.6 Å². The minimum absolute atomic E-state index is 0.117. The number of para-hydroxylation sites is 1. The Hall–Kier alpha value is -3.07. The summed E-state index contributed by atoms with van der Waals surface area (Å²) in [5.41, 5.74) is 1.05. The van der Waals surface area contributed by atoms with Crippen LogP contribution in [0.1, 0.15) is 36.1 Å². The van der Waals surface area contributed by atoms with Gasteiger partial charge in [0.1, 0.15) is 17.2 Å². The molecule has 31 heavy (non-hydrogen) atoms. The van der Waals surface area contributed by atoms with Gasteiger partial charge in [-0.1, -0.05) is 12.1 Å². The second kappa shape index (κ2) is 9.38. The Labute approximate surface area is 182 Å². The molecule has 2 heterocycles. The summed E-state index contributed by atoms with van der Waals surface area (Å²) in [5, 5.41) is 5.87. The van der Waals surface area contributed by atoms with E-state index in [1.165, 1.54) is 27.9 Å². The lowest BCUT2D eigenvalue weighted by Crippen LogP contribution is -2.33. The highest BCUT2D eigenvalue weighted by atomic mass is 32.1. The average Bonchev–Trinajstić information content (AvgIpc) is 3.14. The smallest absolute Gasteiger partial charge is 0.262 e. The number of aromatic nitrogens is 2. The maximum absolute atomic E-state index is 13.5. The zero-order chi connectivity index (χ0) is 21.8. The molecule has 9 heteroatoms. The van der Waals surface area contributed by atoms with E-state index >= 15 is 0 Å². The SMILES string of the molecule is O=C(Cn1cnc2sc3c(c2c1=O)CCCC3)NCCCC(=O)Nc1ccccc1F. The molecule has 0 spiro atoms. The summed E-state index contributed by atoms with van der Waals surface area (Å²) in [7, 11) is 0. The highest BCUT2D eigenvalue weighted by Gasteiger charge is 2.20. The van der Waals surface area contributed by atoms with Crippen LogP contribution in [0.3, 0.4) is 0 Å². The molecule has 0 aliphatic heterocycles. The van der Waals surface area contributed by atoms with E-state index in [2.05, 4.69) is 15.6 Å². The molecule has 0 fully saturated rings. The fourth-order valence-electron chi connectivity index (χ4n) is 3.76. The first-order valence-electron chi connectivity index (χ1n) is 10.3. The van der Waals surface area contributed by atoms with E-state index in [0.717, 1.165) is 36.1 Å². The molecule has 7 nitrogen and oxygen atoms in total. The number of aryl methyl sites for hydroxylation is 2. The van der Waals surface area contributed by atoms with Crippen LogP contribution in [0.15, 0.2) is 35.4 Å². The molecule has 2 aromatic heterocycles. The van der Waals surface area contributed by atoms with Gasteiger partial charge in [-0.05, 0) is 49.8 Å². The predicted octanol–water partition coefficient (Wildman–Crippen LogP) is 3.01. The summed E-state index contributed by atoms with van der Waals surface area (Å²) in [6.07, 6.45) is 6.04. The fourth-order valence-corrected chi connectivity index (χ4v) is 4.98. The van der Waals surface area contributed by atoms with Gasteiger partial charge in [0.05, 0.1) is 17.4 Å². The molecule has 0 saturated heterocycles. The normalized spacial score (nSPS) is 13.1. The van der Waals surface area contributed by atoms with Crippen molar-refractivity contribution in [3.8, 4) is 0 Å². The summed E-state index contributed by atoms with van der Waals surface area (Å²) in [6, 6.07) is 5.95. The number of carbonyl (C=O) groups is 2. The number of rotatable bonds is 7. The quantitative estimate of drug-likeness (QED) is 0.550. The van der Waals surface area contributed by atoms with Crippen molar-refractivity contribution in [2.24, 2.45) is 0 Å². The molecule has 2 amide bonds. The van der Waals surface area contributed by atoms with Crippen molar-refractivity contribution in [1.82, 2.24) is 14.9 Å². The molecular formula is C22H23FN4O3S. The summed E-state index contributed by atoms with van der Waals surface area (Å²) in [4.78, 5) is 43.4. The lowest BCUT2D eigenvalue weighted by Gasteiger charge is -2.10. The maximum Gasteiger partial charge on any atom is 0.262 e. The highest BCUT2D eigenvalue weighted by Crippen LogP contribution is 2.33. The Balaban J connectivity index is 1.29. The van der Waals surface area contributed by atoms with Gasteiger partial charge in [-0.2, -0.15) is 0 Å². The zero-order valence-electron chi connectivity index (χ0n) is 16.9. The van der Waals surface area contributed by atoms with Crippen molar-refractivity contribution in [1.29, 1.82) is 0 Å². The summed E-state index contributed by atoms with van der Waals surface area (Å²) in [6.45, 7) is 0.162. The van der Waals surface area contributed by atoms with Crippen LogP contribution < -0.4 is 16.2 Å². The van der Waals surface area contributed by atoms with Gasteiger partial charge >= 0.3 is 0 Å². The first-order valence-corrected chi connectivity index (χ1v) is 11.2. The van der Waals surface area contributed by atoms with Crippen LogP contribution in [0.5, 0.6) is 0 Å². The van der Waals surface area contributed by atoms with Crippen LogP contribution in [-0.4, -0.2) is 27.9 Å². The Morgan fingerprint density at radius 2 is 1.97 bits per heavy atom. The van der Waals surface area contributed by atoms with E-state index in [1.807, 2.05) is 0 Å². The Kier molecular flexibility index (Phi) is 6.41. The third-order valence-corrected chi connectivity index (χ3v) is 6.51. The molecule has 0 unspecified atom stereocenters. The van der Waals surface area contributed by atoms with Crippen molar-refractivity contribution >= 4 is 39.1 Å². The Bertz CT molecular complexity index is 1190. The Morgan fingerprint density at radius 1 is 1.16 bits per heavy atom. The number of carbonyl (C=O) groups excluding carboxylic acids is 2. The van der Waals surface area contributed by atoms with Crippen LogP contribution in [0.4, 0.5) is 10.1 Å². The van der Waals surface area contributed by atoms with Crippen LogP contribution in [0, 0.1) is 5.82 Å². The summed E-state index contributed by atoms with van der Waals surface area (Å²) < 4.78 is 14.9. The molecule has 0 saturated carbocycles. The summed E-state index contributed by atoms with van der Waals surface area (Å²) in [5.74, 6) is -1.14. The lowest BCUT2D eigenvalue weighted by atomic mass is 9.97. The second-order valence-corrected chi connectivity index (χ2v) is 8.63. The Morgan fingerprint density at radius 3 is 2.81 bits per heavy atom. The molecule has 1 aromatic carbocycles. The number of fused-ring (bicyclic) bond motifs is 3. The molecule has 162 valence electrons. The van der Waals surface area contributed by atoms with Crippen LogP contribution >= 0.6 is 11.3 Å². The van der Waals surface area contributed by atoms with Crippen molar-refractivity contribution in [2.75, 3.05) is 11.9 Å². The molecular weight excluding hydrogens is 419 g/mol. The minimum atomic E-state index is -0.493. The van der Waals surface area contributed by atoms with Crippen molar-refractivity contribution < 1.29 is 14.0 Å². The number of amides is 2. The standard InChI is InChI=1S/C22H23FN4O3S/c23-15-7-2-3-8-16(15)26-18(28)10-5-11-24-19(29)12-27-13-25-21-20(22(27)30)14-6-1-4-9-17(14)31-21/h2-3,7-8,13H,1,4-6,9-12H2,(H,24,29)(H,26,28). The third-order valence-electron chi connectivity index (χ3n) is 5.31. The molecule has 0 radical (unpaired) electrons. The number of halogens is 1. The summed E-state index contributed by atoms with van der Waals surface area (Å²) >= 11 is 1.58. The highest BCUT2D eigenvalue weighted by molar-refractivity contribution is 7.18. The zero-order valence-corrected chi connectivity index (χ0v) is 17.8. The number of benzene rings is 1. The first kappa shape index (κ1) is 21.2. The van der Waals surface area contributed by atoms with Gasteiger partial charge in [-0.25, -0.2) is 9.37 Å². The number of nitrogens with zero attached hydrogens (tertiary/aromatic N) is 2. The number of anilines is 1. The number of thiophene rings is 1. The number of hydrogen-bond donors (Lipinski definition) is 2. The van der Waals surface area contributed by atoms with Gasteiger partial charge in [0, 0.05) is 17.8 Å². The number of nitrogens with one attached hydrogen (secondary N) is 2. The maximum atomic E-state index is 13.5. The third kappa shape index (κ3) is 4.82. The fraction of sp³-hybridized carbons (Fsp3) is 0.364.